The molecule has 17 heavy (non-hydrogen) atoms. The summed E-state index contributed by atoms with van der Waals surface area (Å²) in [5, 5.41) is 0. The molecule has 2 heteroatoms. The zero-order valence-corrected chi connectivity index (χ0v) is 10.2. The van der Waals surface area contributed by atoms with Crippen LogP contribution in [0.5, 0.6) is 5.75 Å². The summed E-state index contributed by atoms with van der Waals surface area (Å²) >= 11 is 0. The van der Waals surface area contributed by atoms with Crippen LogP contribution in [0.25, 0.3) is 0 Å². The second-order valence-electron chi connectivity index (χ2n) is 5.04. The molecule has 0 bridgehead atoms. The normalized spacial score (nSPS) is 20.5. The summed E-state index contributed by atoms with van der Waals surface area (Å²) in [7, 11) is 0. The summed E-state index contributed by atoms with van der Waals surface area (Å²) in [4.78, 5) is 4.71. The molecule has 0 atom stereocenters. The van der Waals surface area contributed by atoms with Crippen LogP contribution >= 0.6 is 0 Å². The van der Waals surface area contributed by atoms with Gasteiger partial charge in [0.15, 0.2) is 0 Å². The zero-order chi connectivity index (χ0) is 11.5. The lowest BCUT2D eigenvalue weighted by atomic mass is 9.96. The van der Waals surface area contributed by atoms with Gasteiger partial charge in [-0.15, -0.1) is 0 Å². The summed E-state index contributed by atoms with van der Waals surface area (Å²) < 4.78 is 5.50. The molecule has 0 radical (unpaired) electrons. The van der Waals surface area contributed by atoms with E-state index in [4.69, 9.17) is 9.73 Å². The summed E-state index contributed by atoms with van der Waals surface area (Å²) in [6.45, 7) is 0.832. The maximum atomic E-state index is 5.50. The van der Waals surface area contributed by atoms with E-state index in [0.29, 0.717) is 6.04 Å². The highest BCUT2D eigenvalue weighted by molar-refractivity contribution is 5.80. The molecule has 1 aromatic rings. The number of hydrogen-bond donors (Lipinski definition) is 0. The molecule has 0 N–H and O–H groups in total. The average Bonchev–Trinajstić information content (AvgIpc) is 2.85. The first kappa shape index (κ1) is 10.8. The van der Waals surface area contributed by atoms with Crippen molar-refractivity contribution >= 4 is 6.21 Å². The van der Waals surface area contributed by atoms with Gasteiger partial charge in [-0.3, -0.25) is 4.99 Å². The number of ether oxygens (including phenoxy) is 1. The van der Waals surface area contributed by atoms with E-state index < -0.39 is 0 Å². The molecule has 0 amide bonds. The van der Waals surface area contributed by atoms with E-state index in [1.54, 1.807) is 0 Å². The van der Waals surface area contributed by atoms with Gasteiger partial charge < -0.3 is 4.74 Å². The largest absolute Gasteiger partial charge is 0.493 e. The SMILES string of the molecule is C(=NC1CCCCC1)c1ccc2c(c1)CCO2. The molecule has 1 aliphatic heterocycles. The van der Waals surface area contributed by atoms with Crippen LogP contribution in [0.4, 0.5) is 0 Å². The molecule has 3 rings (SSSR count). The topological polar surface area (TPSA) is 21.6 Å². The molecule has 0 aromatic heterocycles. The first-order valence-electron chi connectivity index (χ1n) is 6.71. The van der Waals surface area contributed by atoms with Crippen LogP contribution in [0, 0.1) is 0 Å². The Morgan fingerprint density at radius 1 is 1.18 bits per heavy atom. The molecule has 90 valence electrons. The number of rotatable bonds is 2. The lowest BCUT2D eigenvalue weighted by Gasteiger charge is -2.17. The minimum atomic E-state index is 0.563. The minimum absolute atomic E-state index is 0.563. The maximum Gasteiger partial charge on any atom is 0.122 e. The molecule has 1 aromatic carbocycles. The van der Waals surface area contributed by atoms with Gasteiger partial charge in [0.2, 0.25) is 0 Å². The van der Waals surface area contributed by atoms with Crippen molar-refractivity contribution in [1.29, 1.82) is 0 Å². The Labute approximate surface area is 103 Å². The Kier molecular flexibility index (Phi) is 3.12. The van der Waals surface area contributed by atoms with Crippen molar-refractivity contribution in [2.24, 2.45) is 4.99 Å². The third kappa shape index (κ3) is 2.51. The van der Waals surface area contributed by atoms with Crippen molar-refractivity contribution in [3.05, 3.63) is 29.3 Å². The third-order valence-corrected chi connectivity index (χ3v) is 3.72. The molecule has 2 nitrogen and oxygen atoms in total. The molecule has 1 fully saturated rings. The minimum Gasteiger partial charge on any atom is -0.493 e. The van der Waals surface area contributed by atoms with Crippen molar-refractivity contribution in [3.8, 4) is 5.75 Å². The smallest absolute Gasteiger partial charge is 0.122 e. The molecular weight excluding hydrogens is 210 g/mol. The second kappa shape index (κ2) is 4.91. The Morgan fingerprint density at radius 2 is 2.06 bits per heavy atom. The molecule has 1 saturated carbocycles. The standard InChI is InChI=1S/C15H19NO/c1-2-4-14(5-3-1)16-11-12-6-7-15-13(10-12)8-9-17-15/h6-7,10-11,14H,1-5,8-9H2. The second-order valence-corrected chi connectivity index (χ2v) is 5.04. The van der Waals surface area contributed by atoms with Gasteiger partial charge in [0.25, 0.3) is 0 Å². The number of benzene rings is 1. The van der Waals surface area contributed by atoms with E-state index in [2.05, 4.69) is 24.4 Å². The monoisotopic (exact) mass is 229 g/mol. The fraction of sp³-hybridized carbons (Fsp3) is 0.533. The Balaban J connectivity index is 1.69. The van der Waals surface area contributed by atoms with Gasteiger partial charge in [-0.25, -0.2) is 0 Å². The molecule has 0 spiro atoms. The molecule has 1 aliphatic carbocycles. The van der Waals surface area contributed by atoms with Crippen LogP contribution in [0.2, 0.25) is 0 Å². The number of nitrogens with zero attached hydrogens (tertiary/aromatic N) is 1. The highest BCUT2D eigenvalue weighted by atomic mass is 16.5. The van der Waals surface area contributed by atoms with E-state index in [-0.39, 0.29) is 0 Å². The highest BCUT2D eigenvalue weighted by Gasteiger charge is 2.12. The van der Waals surface area contributed by atoms with E-state index >= 15 is 0 Å². The van der Waals surface area contributed by atoms with E-state index in [1.165, 1.54) is 43.2 Å². The number of aliphatic imine (C=N–C) groups is 1. The summed E-state index contributed by atoms with van der Waals surface area (Å²) in [6, 6.07) is 6.96. The van der Waals surface area contributed by atoms with E-state index in [9.17, 15) is 0 Å². The van der Waals surface area contributed by atoms with Crippen molar-refractivity contribution in [3.63, 3.8) is 0 Å². The van der Waals surface area contributed by atoms with Gasteiger partial charge in [0, 0.05) is 18.7 Å². The number of fused-ring (bicyclic) bond motifs is 1. The molecule has 1 heterocycles. The van der Waals surface area contributed by atoms with Crippen LogP contribution in [0.3, 0.4) is 0 Å². The average molecular weight is 229 g/mol. The lowest BCUT2D eigenvalue weighted by molar-refractivity contribution is 0.357. The van der Waals surface area contributed by atoms with Crippen LogP contribution in [0.15, 0.2) is 23.2 Å². The van der Waals surface area contributed by atoms with Gasteiger partial charge >= 0.3 is 0 Å². The van der Waals surface area contributed by atoms with Crippen LogP contribution in [-0.4, -0.2) is 18.9 Å². The summed E-state index contributed by atoms with van der Waals surface area (Å²) in [5.41, 5.74) is 2.55. The van der Waals surface area contributed by atoms with Crippen molar-refractivity contribution < 1.29 is 4.74 Å². The first-order chi connectivity index (χ1) is 8.42. The quantitative estimate of drug-likeness (QED) is 0.712. The Bertz CT molecular complexity index is 419. The predicted octanol–water partition coefficient (Wildman–Crippen LogP) is 3.37. The fourth-order valence-electron chi connectivity index (χ4n) is 2.71. The summed E-state index contributed by atoms with van der Waals surface area (Å²) in [6.07, 6.45) is 9.71. The van der Waals surface area contributed by atoms with Gasteiger partial charge in [0.1, 0.15) is 5.75 Å². The Hall–Kier alpha value is -1.31. The number of hydrogen-bond acceptors (Lipinski definition) is 2. The fourth-order valence-corrected chi connectivity index (χ4v) is 2.71. The van der Waals surface area contributed by atoms with Crippen molar-refractivity contribution in [1.82, 2.24) is 0 Å². The first-order valence-corrected chi connectivity index (χ1v) is 6.71. The zero-order valence-electron chi connectivity index (χ0n) is 10.2. The third-order valence-electron chi connectivity index (χ3n) is 3.72. The van der Waals surface area contributed by atoms with Crippen molar-refractivity contribution in [2.45, 2.75) is 44.6 Å². The van der Waals surface area contributed by atoms with Crippen molar-refractivity contribution in [2.75, 3.05) is 6.61 Å². The molecule has 0 saturated heterocycles. The van der Waals surface area contributed by atoms with E-state index in [1.807, 2.05) is 0 Å². The van der Waals surface area contributed by atoms with Crippen LogP contribution < -0.4 is 4.74 Å². The maximum absolute atomic E-state index is 5.50. The molecular formula is C15H19NO. The molecule has 0 unspecified atom stereocenters. The van der Waals surface area contributed by atoms with Crippen LogP contribution in [-0.2, 0) is 6.42 Å². The predicted molar refractivity (Wildman–Crippen MR) is 70.1 cm³/mol. The van der Waals surface area contributed by atoms with Crippen LogP contribution in [0.1, 0.15) is 43.2 Å². The lowest BCUT2D eigenvalue weighted by Crippen LogP contribution is -2.09. The highest BCUT2D eigenvalue weighted by Crippen LogP contribution is 2.25. The van der Waals surface area contributed by atoms with Gasteiger partial charge in [-0.2, -0.15) is 0 Å². The Morgan fingerprint density at radius 3 is 2.94 bits per heavy atom. The summed E-state index contributed by atoms with van der Waals surface area (Å²) in [5.74, 6) is 1.06. The van der Waals surface area contributed by atoms with E-state index in [0.717, 1.165) is 18.8 Å². The molecule has 2 aliphatic rings. The van der Waals surface area contributed by atoms with Gasteiger partial charge in [-0.1, -0.05) is 19.3 Å². The van der Waals surface area contributed by atoms with Gasteiger partial charge in [-0.05, 0) is 42.2 Å². The van der Waals surface area contributed by atoms with Gasteiger partial charge in [0.05, 0.1) is 6.61 Å².